The molecule has 0 saturated carbocycles. The molecular formula is C20H22BrN3O3S. The number of halogens is 1. The largest absolute Gasteiger partial charge is 0.493 e. The van der Waals surface area contributed by atoms with Gasteiger partial charge >= 0.3 is 0 Å². The van der Waals surface area contributed by atoms with Crippen LogP contribution in [0.5, 0.6) is 5.75 Å². The summed E-state index contributed by atoms with van der Waals surface area (Å²) in [6.45, 7) is 2.60. The summed E-state index contributed by atoms with van der Waals surface area (Å²) in [5.41, 5.74) is 1.29. The molecule has 8 heteroatoms. The van der Waals surface area contributed by atoms with E-state index in [1.54, 1.807) is 43.4 Å². The molecule has 0 aliphatic rings. The number of thiocarbonyl (C=S) groups is 1. The van der Waals surface area contributed by atoms with E-state index in [1.807, 2.05) is 6.07 Å². The molecule has 0 radical (unpaired) electrons. The normalized spacial score (nSPS) is 10.1. The minimum Gasteiger partial charge on any atom is -0.493 e. The Hall–Kier alpha value is -2.45. The molecule has 0 aromatic heterocycles. The highest BCUT2D eigenvalue weighted by atomic mass is 79.9. The Bertz CT molecular complexity index is 874. The molecule has 0 aliphatic heterocycles. The molecule has 0 spiro atoms. The van der Waals surface area contributed by atoms with Gasteiger partial charge in [0.05, 0.1) is 23.4 Å². The maximum atomic E-state index is 12.7. The van der Waals surface area contributed by atoms with E-state index in [0.717, 1.165) is 17.3 Å². The third-order valence-electron chi connectivity index (χ3n) is 3.82. The lowest BCUT2D eigenvalue weighted by atomic mass is 10.1. The van der Waals surface area contributed by atoms with Gasteiger partial charge in [-0.15, -0.1) is 0 Å². The van der Waals surface area contributed by atoms with Crippen molar-refractivity contribution in [2.45, 2.75) is 19.8 Å². The number of hydrogen-bond donors (Lipinski definition) is 3. The molecule has 3 N–H and O–H groups in total. The van der Waals surface area contributed by atoms with Crippen molar-refractivity contribution in [3.63, 3.8) is 0 Å². The molecule has 2 aromatic rings. The van der Waals surface area contributed by atoms with E-state index in [-0.39, 0.29) is 11.0 Å². The zero-order chi connectivity index (χ0) is 20.5. The quantitative estimate of drug-likeness (QED) is 0.425. The van der Waals surface area contributed by atoms with Gasteiger partial charge in [0.15, 0.2) is 5.11 Å². The number of ether oxygens (including phenoxy) is 1. The summed E-state index contributed by atoms with van der Waals surface area (Å²) < 4.78 is 6.47. The van der Waals surface area contributed by atoms with Crippen LogP contribution >= 0.6 is 28.1 Å². The van der Waals surface area contributed by atoms with Crippen molar-refractivity contribution in [3.8, 4) is 5.75 Å². The van der Waals surface area contributed by atoms with Crippen molar-refractivity contribution in [2.75, 3.05) is 19.0 Å². The molecule has 6 nitrogen and oxygen atoms in total. The van der Waals surface area contributed by atoms with E-state index in [4.69, 9.17) is 17.0 Å². The Morgan fingerprint density at radius 2 is 1.86 bits per heavy atom. The van der Waals surface area contributed by atoms with Gasteiger partial charge in [0, 0.05) is 11.5 Å². The lowest BCUT2D eigenvalue weighted by Gasteiger charge is -2.15. The van der Waals surface area contributed by atoms with Gasteiger partial charge < -0.3 is 15.4 Å². The first-order valence-electron chi connectivity index (χ1n) is 8.82. The molecule has 148 valence electrons. The van der Waals surface area contributed by atoms with Gasteiger partial charge in [0.2, 0.25) is 0 Å². The maximum absolute atomic E-state index is 12.7. The van der Waals surface area contributed by atoms with Crippen molar-refractivity contribution >= 4 is 50.8 Å². The Morgan fingerprint density at radius 3 is 2.57 bits per heavy atom. The minimum atomic E-state index is -0.400. The van der Waals surface area contributed by atoms with Gasteiger partial charge in [-0.1, -0.05) is 41.4 Å². The van der Waals surface area contributed by atoms with Gasteiger partial charge in [-0.3, -0.25) is 14.9 Å². The molecule has 0 fully saturated rings. The maximum Gasteiger partial charge on any atom is 0.261 e. The number of rotatable bonds is 7. The summed E-state index contributed by atoms with van der Waals surface area (Å²) >= 11 is 8.62. The first-order chi connectivity index (χ1) is 13.5. The number of hydrogen-bond acceptors (Lipinski definition) is 4. The predicted octanol–water partition coefficient (Wildman–Crippen LogP) is 4.11. The van der Waals surface area contributed by atoms with Crippen LogP contribution in [0, 0.1) is 0 Å². The number of benzene rings is 2. The highest BCUT2D eigenvalue weighted by Gasteiger charge is 2.16. The van der Waals surface area contributed by atoms with Gasteiger partial charge in [0.1, 0.15) is 5.75 Å². The van der Waals surface area contributed by atoms with E-state index in [2.05, 4.69) is 38.8 Å². The van der Waals surface area contributed by atoms with Gasteiger partial charge in [-0.05, 0) is 49.0 Å². The summed E-state index contributed by atoms with van der Waals surface area (Å²) in [6, 6.07) is 12.1. The van der Waals surface area contributed by atoms with Crippen LogP contribution < -0.4 is 20.7 Å². The first kappa shape index (κ1) is 21.8. The Labute approximate surface area is 178 Å². The molecule has 0 unspecified atom stereocenters. The van der Waals surface area contributed by atoms with E-state index in [1.165, 1.54) is 0 Å². The molecule has 0 atom stereocenters. The number of anilines is 1. The van der Waals surface area contributed by atoms with Gasteiger partial charge in [-0.2, -0.15) is 0 Å². The van der Waals surface area contributed by atoms with E-state index >= 15 is 0 Å². The first-order valence-corrected chi connectivity index (χ1v) is 10.0. The molecule has 0 saturated heterocycles. The third kappa shape index (κ3) is 6.03. The summed E-state index contributed by atoms with van der Waals surface area (Å²) in [5, 5.41) is 8.19. The molecule has 0 bridgehead atoms. The van der Waals surface area contributed by atoms with Crippen LogP contribution in [0.4, 0.5) is 5.69 Å². The Balaban J connectivity index is 2.12. The van der Waals surface area contributed by atoms with Crippen molar-refractivity contribution in [2.24, 2.45) is 0 Å². The second kappa shape index (κ2) is 10.8. The Morgan fingerprint density at radius 1 is 1.11 bits per heavy atom. The summed E-state index contributed by atoms with van der Waals surface area (Å²) in [7, 11) is 1.55. The van der Waals surface area contributed by atoms with E-state index in [0.29, 0.717) is 29.2 Å². The lowest BCUT2D eigenvalue weighted by Crippen LogP contribution is -2.35. The highest BCUT2D eigenvalue weighted by molar-refractivity contribution is 9.10. The summed E-state index contributed by atoms with van der Waals surface area (Å²) in [6.07, 6.45) is 1.89. The number of carbonyl (C=O) groups excluding carboxylic acids is 2. The van der Waals surface area contributed by atoms with E-state index in [9.17, 15) is 9.59 Å². The van der Waals surface area contributed by atoms with Crippen LogP contribution in [0.15, 0.2) is 46.9 Å². The Kier molecular flexibility index (Phi) is 8.41. The van der Waals surface area contributed by atoms with Crippen molar-refractivity contribution in [1.29, 1.82) is 0 Å². The number of carbonyl (C=O) groups is 2. The third-order valence-corrected chi connectivity index (χ3v) is 4.51. The minimum absolute atomic E-state index is 0.0841. The summed E-state index contributed by atoms with van der Waals surface area (Å²) in [5.74, 6) is -0.165. The SMILES string of the molecule is CCCCOc1ccc(Br)cc1C(=O)NC(=S)Nc1ccccc1C(=O)NC. The van der Waals surface area contributed by atoms with Crippen LogP contribution in [0.3, 0.4) is 0 Å². The van der Waals surface area contributed by atoms with Gasteiger partial charge in [-0.25, -0.2) is 0 Å². The second-order valence-corrected chi connectivity index (χ2v) is 7.20. The van der Waals surface area contributed by atoms with Crippen LogP contribution in [0.25, 0.3) is 0 Å². The number of nitrogens with one attached hydrogen (secondary N) is 3. The average Bonchev–Trinajstić information content (AvgIpc) is 2.68. The smallest absolute Gasteiger partial charge is 0.261 e. The zero-order valence-corrected chi connectivity index (χ0v) is 18.1. The summed E-state index contributed by atoms with van der Waals surface area (Å²) in [4.78, 5) is 24.7. The van der Waals surface area contributed by atoms with Crippen LogP contribution in [0.1, 0.15) is 40.5 Å². The second-order valence-electron chi connectivity index (χ2n) is 5.88. The predicted molar refractivity (Wildman–Crippen MR) is 118 cm³/mol. The fourth-order valence-electron chi connectivity index (χ4n) is 2.38. The fraction of sp³-hybridized carbons (Fsp3) is 0.250. The zero-order valence-electron chi connectivity index (χ0n) is 15.7. The van der Waals surface area contributed by atoms with Gasteiger partial charge in [0.25, 0.3) is 11.8 Å². The lowest BCUT2D eigenvalue weighted by molar-refractivity contribution is 0.0960. The number of unbranched alkanes of at least 4 members (excludes halogenated alkanes) is 1. The highest BCUT2D eigenvalue weighted by Crippen LogP contribution is 2.24. The average molecular weight is 464 g/mol. The topological polar surface area (TPSA) is 79.5 Å². The molecule has 28 heavy (non-hydrogen) atoms. The van der Waals surface area contributed by atoms with Crippen molar-refractivity contribution < 1.29 is 14.3 Å². The molecular weight excluding hydrogens is 442 g/mol. The van der Waals surface area contributed by atoms with Crippen LogP contribution in [-0.4, -0.2) is 30.6 Å². The standard InChI is InChI=1S/C20H22BrN3O3S/c1-3-4-11-27-17-10-9-13(21)12-15(17)19(26)24-20(28)23-16-8-6-5-7-14(16)18(25)22-2/h5-10,12H,3-4,11H2,1-2H3,(H,22,25)(H2,23,24,26,28). The van der Waals surface area contributed by atoms with Crippen LogP contribution in [-0.2, 0) is 0 Å². The number of para-hydroxylation sites is 1. The van der Waals surface area contributed by atoms with E-state index < -0.39 is 5.91 Å². The monoisotopic (exact) mass is 463 g/mol. The molecule has 0 heterocycles. The molecule has 2 amide bonds. The van der Waals surface area contributed by atoms with Crippen LogP contribution in [0.2, 0.25) is 0 Å². The number of amides is 2. The fourth-order valence-corrected chi connectivity index (χ4v) is 2.94. The molecule has 2 rings (SSSR count). The van der Waals surface area contributed by atoms with Crippen molar-refractivity contribution in [1.82, 2.24) is 10.6 Å². The van der Waals surface area contributed by atoms with Crippen molar-refractivity contribution in [3.05, 3.63) is 58.1 Å². The molecule has 2 aromatic carbocycles. The molecule has 0 aliphatic carbocycles.